The van der Waals surface area contributed by atoms with Gasteiger partial charge in [-0.2, -0.15) is 4.52 Å². The number of aromatic nitrogens is 3. The van der Waals surface area contributed by atoms with Crippen LogP contribution in [0.15, 0.2) is 24.3 Å². The molecule has 0 aliphatic carbocycles. The van der Waals surface area contributed by atoms with Gasteiger partial charge in [0.25, 0.3) is 0 Å². The van der Waals surface area contributed by atoms with Crippen molar-refractivity contribution in [1.82, 2.24) is 24.8 Å². The Hall–Kier alpha value is -2.81. The Labute approximate surface area is 193 Å². The fourth-order valence-electron chi connectivity index (χ4n) is 3.80. The molecule has 3 aromatic rings. The van der Waals surface area contributed by atoms with Gasteiger partial charge in [-0.3, -0.25) is 0 Å². The Morgan fingerprint density at radius 1 is 1.09 bits per heavy atom. The summed E-state index contributed by atoms with van der Waals surface area (Å²) in [7, 11) is 0. The number of anilines is 2. The second kappa shape index (κ2) is 8.97. The topological polar surface area (TPSA) is 77.8 Å². The Bertz CT molecular complexity index is 1070. The van der Waals surface area contributed by atoms with Crippen LogP contribution in [0.4, 0.5) is 15.7 Å². The fraction of sp³-hybridized carbons (Fsp3) is 0.522. The molecule has 2 aromatic heterocycles. The molecule has 2 N–H and O–H groups in total. The minimum absolute atomic E-state index is 0.0106. The van der Waals surface area contributed by atoms with Crippen LogP contribution in [-0.2, 0) is 6.42 Å². The lowest BCUT2D eigenvalue weighted by atomic mass is 10.1. The predicted octanol–water partition coefficient (Wildman–Crippen LogP) is 4.08. The lowest BCUT2D eigenvalue weighted by Crippen LogP contribution is -2.51. The monoisotopic (exact) mass is 455 g/mol. The molecule has 0 unspecified atom stereocenters. The predicted molar refractivity (Wildman–Crippen MR) is 132 cm³/mol. The third-order valence-corrected chi connectivity index (χ3v) is 6.46. The van der Waals surface area contributed by atoms with Gasteiger partial charge in [0.05, 0.1) is 0 Å². The number of carbonyl (C=O) groups excluding carboxylic acids is 1. The summed E-state index contributed by atoms with van der Waals surface area (Å²) in [6, 6.07) is 8.62. The first-order valence-electron chi connectivity index (χ1n) is 11.3. The summed E-state index contributed by atoms with van der Waals surface area (Å²) in [5.74, 6) is 0.917. The van der Waals surface area contributed by atoms with E-state index in [1.807, 2.05) is 16.3 Å². The van der Waals surface area contributed by atoms with Crippen molar-refractivity contribution in [2.45, 2.75) is 46.6 Å². The Kier molecular flexibility index (Phi) is 6.28. The highest BCUT2D eigenvalue weighted by molar-refractivity contribution is 7.20. The molecule has 1 fully saturated rings. The number of aryl methyl sites for hydroxylation is 1. The molecule has 1 saturated heterocycles. The quantitative estimate of drug-likeness (QED) is 0.606. The maximum absolute atomic E-state index is 12.1. The average molecular weight is 456 g/mol. The van der Waals surface area contributed by atoms with E-state index in [1.54, 1.807) is 11.3 Å². The highest BCUT2D eigenvalue weighted by Gasteiger charge is 2.26. The number of imidazole rings is 1. The lowest BCUT2D eigenvalue weighted by Gasteiger charge is -2.34. The molecule has 1 aromatic carbocycles. The van der Waals surface area contributed by atoms with Gasteiger partial charge in [-0.1, -0.05) is 42.5 Å². The largest absolute Gasteiger partial charge is 0.364 e. The van der Waals surface area contributed by atoms with E-state index in [0.717, 1.165) is 46.7 Å². The zero-order valence-electron chi connectivity index (χ0n) is 19.6. The number of piperazine rings is 1. The number of fused-ring (bicyclic) bond motifs is 1. The van der Waals surface area contributed by atoms with Gasteiger partial charge in [0.1, 0.15) is 5.69 Å². The van der Waals surface area contributed by atoms with Crippen LogP contribution in [0.3, 0.4) is 0 Å². The summed E-state index contributed by atoms with van der Waals surface area (Å²) in [4.78, 5) is 22.0. The molecule has 0 saturated carbocycles. The first-order valence-corrected chi connectivity index (χ1v) is 12.2. The van der Waals surface area contributed by atoms with Gasteiger partial charge in [-0.15, -0.1) is 5.10 Å². The molecule has 172 valence electrons. The van der Waals surface area contributed by atoms with Gasteiger partial charge in [0.2, 0.25) is 10.1 Å². The van der Waals surface area contributed by atoms with E-state index < -0.39 is 0 Å². The molecule has 8 nitrogen and oxygen atoms in total. The molecular formula is C23H33N7OS. The normalized spacial score (nSPS) is 14.8. The van der Waals surface area contributed by atoms with Crippen molar-refractivity contribution in [2.24, 2.45) is 0 Å². The van der Waals surface area contributed by atoms with E-state index >= 15 is 0 Å². The number of nitrogens with zero attached hydrogens (tertiary/aromatic N) is 5. The summed E-state index contributed by atoms with van der Waals surface area (Å²) in [5.41, 5.74) is 3.20. The average Bonchev–Trinajstić information content (AvgIpc) is 3.32. The van der Waals surface area contributed by atoms with Gasteiger partial charge in [-0.25, -0.2) is 9.78 Å². The standard InChI is InChI=1S/C23H33N7OS/c1-6-16-8-10-17(11-9-16)18-19(26-23(3,4)5)30-21(25-18)32-22(27-30)29-14-12-28(13-15-29)20(31)24-7-2/h8-11,26H,6-7,12-15H2,1-5H3,(H,24,31). The zero-order valence-corrected chi connectivity index (χ0v) is 20.4. The molecule has 0 bridgehead atoms. The van der Waals surface area contributed by atoms with E-state index in [2.05, 4.69) is 67.5 Å². The van der Waals surface area contributed by atoms with E-state index in [-0.39, 0.29) is 11.6 Å². The summed E-state index contributed by atoms with van der Waals surface area (Å²) < 4.78 is 1.94. The van der Waals surface area contributed by atoms with Gasteiger partial charge in [0, 0.05) is 43.8 Å². The van der Waals surface area contributed by atoms with Gasteiger partial charge in [0.15, 0.2) is 5.82 Å². The van der Waals surface area contributed by atoms with Crippen molar-refractivity contribution in [3.05, 3.63) is 29.8 Å². The van der Waals surface area contributed by atoms with Crippen LogP contribution in [0.1, 0.15) is 40.2 Å². The first kappa shape index (κ1) is 22.4. The first-order chi connectivity index (χ1) is 15.3. The van der Waals surface area contributed by atoms with Crippen LogP contribution >= 0.6 is 11.3 Å². The zero-order chi connectivity index (χ0) is 22.9. The number of hydrogen-bond donors (Lipinski definition) is 2. The van der Waals surface area contributed by atoms with Crippen molar-refractivity contribution >= 4 is 33.3 Å². The number of amides is 2. The summed E-state index contributed by atoms with van der Waals surface area (Å²) in [5, 5.41) is 12.4. The van der Waals surface area contributed by atoms with Crippen LogP contribution in [-0.4, -0.2) is 63.8 Å². The number of carbonyl (C=O) groups is 1. The Morgan fingerprint density at radius 2 is 1.78 bits per heavy atom. The molecule has 3 heterocycles. The molecule has 4 rings (SSSR count). The van der Waals surface area contributed by atoms with E-state index in [0.29, 0.717) is 19.6 Å². The number of hydrogen-bond acceptors (Lipinski definition) is 6. The van der Waals surface area contributed by atoms with Crippen molar-refractivity contribution in [2.75, 3.05) is 42.9 Å². The molecule has 1 aliphatic rings. The maximum Gasteiger partial charge on any atom is 0.317 e. The summed E-state index contributed by atoms with van der Waals surface area (Å²) >= 11 is 1.59. The third kappa shape index (κ3) is 4.67. The van der Waals surface area contributed by atoms with Crippen molar-refractivity contribution < 1.29 is 4.79 Å². The van der Waals surface area contributed by atoms with Gasteiger partial charge < -0.3 is 20.4 Å². The van der Waals surface area contributed by atoms with Crippen molar-refractivity contribution in [3.8, 4) is 11.3 Å². The minimum atomic E-state index is -0.129. The smallest absolute Gasteiger partial charge is 0.317 e. The molecule has 9 heteroatoms. The Balaban J connectivity index is 1.62. The van der Waals surface area contributed by atoms with Crippen molar-refractivity contribution in [1.29, 1.82) is 0 Å². The fourth-order valence-corrected chi connectivity index (χ4v) is 4.75. The number of nitrogens with one attached hydrogen (secondary N) is 2. The molecule has 0 radical (unpaired) electrons. The summed E-state index contributed by atoms with van der Waals surface area (Å²) in [6.07, 6.45) is 1.02. The van der Waals surface area contributed by atoms with Crippen LogP contribution in [0.2, 0.25) is 0 Å². The highest BCUT2D eigenvalue weighted by Crippen LogP contribution is 2.35. The Morgan fingerprint density at radius 3 is 2.38 bits per heavy atom. The van der Waals surface area contributed by atoms with E-state index in [4.69, 9.17) is 10.1 Å². The van der Waals surface area contributed by atoms with Gasteiger partial charge >= 0.3 is 6.03 Å². The van der Waals surface area contributed by atoms with Gasteiger partial charge in [-0.05, 0) is 39.7 Å². The van der Waals surface area contributed by atoms with Crippen LogP contribution in [0.25, 0.3) is 16.2 Å². The van der Waals surface area contributed by atoms with Crippen LogP contribution in [0.5, 0.6) is 0 Å². The number of rotatable bonds is 5. The molecule has 0 atom stereocenters. The van der Waals surface area contributed by atoms with Crippen LogP contribution < -0.4 is 15.5 Å². The highest BCUT2D eigenvalue weighted by atomic mass is 32.1. The second-order valence-corrected chi connectivity index (χ2v) is 10.1. The van der Waals surface area contributed by atoms with Crippen LogP contribution in [0, 0.1) is 0 Å². The number of urea groups is 1. The molecule has 0 spiro atoms. The van der Waals surface area contributed by atoms with Crippen molar-refractivity contribution in [3.63, 3.8) is 0 Å². The second-order valence-electron chi connectivity index (χ2n) is 9.12. The molecule has 1 aliphatic heterocycles. The summed E-state index contributed by atoms with van der Waals surface area (Å²) in [6.45, 7) is 14.1. The third-order valence-electron chi connectivity index (χ3n) is 5.49. The van der Waals surface area contributed by atoms with E-state index in [9.17, 15) is 4.79 Å². The maximum atomic E-state index is 12.1. The van der Waals surface area contributed by atoms with E-state index in [1.165, 1.54) is 5.56 Å². The number of benzene rings is 1. The molecule has 32 heavy (non-hydrogen) atoms. The lowest BCUT2D eigenvalue weighted by molar-refractivity contribution is 0.195. The molecule has 2 amide bonds. The minimum Gasteiger partial charge on any atom is -0.364 e. The SMILES string of the molecule is CCNC(=O)N1CCN(c2nn3c(NC(C)(C)C)c(-c4ccc(CC)cc4)nc3s2)CC1. The molecular weight excluding hydrogens is 422 g/mol.